The number of carbonyl (C=O) groups excluding carboxylic acids is 2. The second kappa shape index (κ2) is 10.5. The molecule has 5 rings (SSSR count). The Morgan fingerprint density at radius 3 is 2.70 bits per heavy atom. The van der Waals surface area contributed by atoms with E-state index < -0.39 is 6.04 Å². The summed E-state index contributed by atoms with van der Waals surface area (Å²) in [5.74, 6) is 0.193. The molecular formula is C24H25FN8O4. The molecule has 0 unspecified atom stereocenters. The second-order valence-corrected chi connectivity index (χ2v) is 8.58. The third-order valence-corrected chi connectivity index (χ3v) is 6.09. The Balaban J connectivity index is 1.15. The Morgan fingerprint density at radius 1 is 1.16 bits per heavy atom. The molecule has 192 valence electrons. The van der Waals surface area contributed by atoms with Crippen LogP contribution in [0.15, 0.2) is 58.0 Å². The van der Waals surface area contributed by atoms with Gasteiger partial charge in [0, 0.05) is 50.1 Å². The lowest BCUT2D eigenvalue weighted by Crippen LogP contribution is -2.54. The molecule has 1 fully saturated rings. The van der Waals surface area contributed by atoms with Crippen molar-refractivity contribution >= 4 is 23.3 Å². The number of benzene rings is 1. The van der Waals surface area contributed by atoms with E-state index in [4.69, 9.17) is 9.05 Å². The maximum Gasteiger partial charge on any atom is 0.255 e. The van der Waals surface area contributed by atoms with E-state index in [9.17, 15) is 9.59 Å². The van der Waals surface area contributed by atoms with Gasteiger partial charge in [0.1, 0.15) is 23.8 Å². The maximum absolute atomic E-state index is 15.1. The Bertz CT molecular complexity index is 1350. The summed E-state index contributed by atoms with van der Waals surface area (Å²) in [7, 11) is 0. The Morgan fingerprint density at radius 2 is 2.00 bits per heavy atom. The van der Waals surface area contributed by atoms with E-state index in [0.717, 1.165) is 0 Å². The van der Waals surface area contributed by atoms with Gasteiger partial charge < -0.3 is 29.5 Å². The van der Waals surface area contributed by atoms with Gasteiger partial charge in [0.05, 0.1) is 24.0 Å². The highest BCUT2D eigenvalue weighted by Crippen LogP contribution is 2.27. The number of hydrogen-bond donors (Lipinski definition) is 3. The number of aromatic nitrogens is 4. The van der Waals surface area contributed by atoms with Gasteiger partial charge >= 0.3 is 0 Å². The standard InChI is InChI=1S/C24H25FN8O4/c1-15(29-23(34)17-12-27-28-13-17)24(35)33-7-5-32(6-8-33)21-3-2-16(10-19(21)25)20-11-18(37-30-20)14-26-22-4-9-36-31-22/h2-4,9-13,15H,5-8,14H2,1H3,(H,26,31)(H,27,28)(H,29,34)/t15-/m0/s1. The first kappa shape index (κ1) is 24.0. The second-order valence-electron chi connectivity index (χ2n) is 8.58. The topological polar surface area (TPSA) is 145 Å². The highest BCUT2D eigenvalue weighted by Gasteiger charge is 2.27. The fourth-order valence-corrected chi connectivity index (χ4v) is 4.09. The molecule has 1 aliphatic heterocycles. The van der Waals surface area contributed by atoms with E-state index >= 15 is 4.39 Å². The summed E-state index contributed by atoms with van der Waals surface area (Å²) in [6.45, 7) is 3.76. The summed E-state index contributed by atoms with van der Waals surface area (Å²) in [5.41, 5.74) is 1.92. The molecule has 2 amide bonds. The van der Waals surface area contributed by atoms with Crippen molar-refractivity contribution in [3.05, 3.63) is 66.1 Å². The molecule has 0 bridgehead atoms. The van der Waals surface area contributed by atoms with E-state index in [1.165, 1.54) is 24.7 Å². The zero-order valence-electron chi connectivity index (χ0n) is 20.0. The minimum Gasteiger partial charge on any atom is -0.366 e. The number of amides is 2. The van der Waals surface area contributed by atoms with Crippen molar-refractivity contribution in [3.63, 3.8) is 0 Å². The van der Waals surface area contributed by atoms with Gasteiger partial charge in [-0.15, -0.1) is 0 Å². The number of nitrogens with one attached hydrogen (secondary N) is 3. The molecule has 3 aromatic heterocycles. The molecular weight excluding hydrogens is 483 g/mol. The Hall–Kier alpha value is -4.68. The first-order valence-electron chi connectivity index (χ1n) is 11.7. The predicted molar refractivity (Wildman–Crippen MR) is 130 cm³/mol. The van der Waals surface area contributed by atoms with E-state index in [2.05, 4.69) is 31.1 Å². The summed E-state index contributed by atoms with van der Waals surface area (Å²) >= 11 is 0. The minimum atomic E-state index is -0.691. The van der Waals surface area contributed by atoms with Crippen molar-refractivity contribution in [2.45, 2.75) is 19.5 Å². The van der Waals surface area contributed by atoms with Gasteiger partial charge in [-0.25, -0.2) is 4.39 Å². The van der Waals surface area contributed by atoms with Crippen molar-refractivity contribution in [2.24, 2.45) is 0 Å². The van der Waals surface area contributed by atoms with Crippen LogP contribution in [0, 0.1) is 5.82 Å². The fraction of sp³-hybridized carbons (Fsp3) is 0.292. The van der Waals surface area contributed by atoms with Gasteiger partial charge in [-0.05, 0) is 19.1 Å². The summed E-state index contributed by atoms with van der Waals surface area (Å²) in [5, 5.41) is 19.8. The number of nitrogens with zero attached hydrogens (tertiary/aromatic N) is 5. The average molecular weight is 509 g/mol. The number of piperazine rings is 1. The van der Waals surface area contributed by atoms with Crippen molar-refractivity contribution in [2.75, 3.05) is 36.4 Å². The molecule has 0 radical (unpaired) electrons. The molecule has 1 saturated heterocycles. The third-order valence-electron chi connectivity index (χ3n) is 6.09. The smallest absolute Gasteiger partial charge is 0.255 e. The number of carbonyl (C=O) groups is 2. The van der Waals surface area contributed by atoms with E-state index in [0.29, 0.717) is 66.8 Å². The zero-order chi connectivity index (χ0) is 25.8. The first-order valence-corrected chi connectivity index (χ1v) is 11.7. The summed E-state index contributed by atoms with van der Waals surface area (Å²) in [4.78, 5) is 28.5. The molecule has 1 aliphatic rings. The monoisotopic (exact) mass is 508 g/mol. The number of rotatable bonds is 8. The first-order chi connectivity index (χ1) is 18.0. The van der Waals surface area contributed by atoms with Crippen LogP contribution in [0.25, 0.3) is 11.3 Å². The highest BCUT2D eigenvalue weighted by atomic mass is 19.1. The van der Waals surface area contributed by atoms with Gasteiger partial charge in [0.25, 0.3) is 5.91 Å². The van der Waals surface area contributed by atoms with Crippen molar-refractivity contribution < 1.29 is 23.0 Å². The molecule has 3 N–H and O–H groups in total. The van der Waals surface area contributed by atoms with E-state index in [-0.39, 0.29) is 17.6 Å². The van der Waals surface area contributed by atoms with Gasteiger partial charge in [-0.2, -0.15) is 5.10 Å². The summed E-state index contributed by atoms with van der Waals surface area (Å²) < 4.78 is 25.2. The Labute approximate surface area is 210 Å². The van der Waals surface area contributed by atoms with Crippen LogP contribution in [0.2, 0.25) is 0 Å². The number of aromatic amines is 1. The van der Waals surface area contributed by atoms with Crippen LogP contribution >= 0.6 is 0 Å². The lowest BCUT2D eigenvalue weighted by Gasteiger charge is -2.37. The summed E-state index contributed by atoms with van der Waals surface area (Å²) in [6, 6.07) is 7.64. The molecule has 12 nitrogen and oxygen atoms in total. The Kier molecular flexibility index (Phi) is 6.83. The van der Waals surface area contributed by atoms with E-state index in [1.54, 1.807) is 36.1 Å². The summed E-state index contributed by atoms with van der Waals surface area (Å²) in [6.07, 6.45) is 4.31. The van der Waals surface area contributed by atoms with Crippen LogP contribution < -0.4 is 15.5 Å². The third kappa shape index (κ3) is 5.44. The van der Waals surface area contributed by atoms with Crippen molar-refractivity contribution in [1.82, 2.24) is 30.7 Å². The number of halogens is 1. The molecule has 4 aromatic rings. The molecule has 37 heavy (non-hydrogen) atoms. The van der Waals surface area contributed by atoms with Crippen LogP contribution in [0.4, 0.5) is 15.9 Å². The number of H-pyrrole nitrogens is 1. The average Bonchev–Trinajstić information content (AvgIpc) is 3.70. The molecule has 0 saturated carbocycles. The highest BCUT2D eigenvalue weighted by molar-refractivity contribution is 5.97. The molecule has 1 atom stereocenters. The number of anilines is 2. The molecule has 1 aromatic carbocycles. The van der Waals surface area contributed by atoms with Gasteiger partial charge in [-0.3, -0.25) is 14.7 Å². The minimum absolute atomic E-state index is 0.188. The molecule has 0 aliphatic carbocycles. The molecule has 4 heterocycles. The quantitative estimate of drug-likeness (QED) is 0.326. The largest absolute Gasteiger partial charge is 0.366 e. The number of hydrogen-bond acceptors (Lipinski definition) is 9. The zero-order valence-corrected chi connectivity index (χ0v) is 20.0. The normalized spacial score (nSPS) is 14.4. The van der Waals surface area contributed by atoms with Crippen LogP contribution in [0.5, 0.6) is 0 Å². The lowest BCUT2D eigenvalue weighted by molar-refractivity contribution is -0.133. The lowest BCUT2D eigenvalue weighted by atomic mass is 10.1. The van der Waals surface area contributed by atoms with Crippen LogP contribution in [-0.4, -0.2) is 69.4 Å². The van der Waals surface area contributed by atoms with E-state index in [1.807, 2.05) is 4.90 Å². The predicted octanol–water partition coefficient (Wildman–Crippen LogP) is 2.27. The maximum atomic E-state index is 15.1. The molecule has 0 spiro atoms. The fourth-order valence-electron chi connectivity index (χ4n) is 4.09. The van der Waals surface area contributed by atoms with Crippen LogP contribution in [-0.2, 0) is 11.3 Å². The van der Waals surface area contributed by atoms with Crippen molar-refractivity contribution in [1.29, 1.82) is 0 Å². The molecule has 13 heteroatoms. The van der Waals surface area contributed by atoms with Gasteiger partial charge in [-0.1, -0.05) is 16.4 Å². The van der Waals surface area contributed by atoms with Gasteiger partial charge in [0.15, 0.2) is 11.6 Å². The SMILES string of the molecule is C[C@H](NC(=O)c1cn[nH]c1)C(=O)N1CCN(c2ccc(-c3cc(CNc4ccon4)on3)cc2F)CC1. The van der Waals surface area contributed by atoms with Crippen LogP contribution in [0.3, 0.4) is 0 Å². The van der Waals surface area contributed by atoms with Gasteiger partial charge in [0.2, 0.25) is 5.91 Å². The van der Waals surface area contributed by atoms with Crippen LogP contribution in [0.1, 0.15) is 23.0 Å². The van der Waals surface area contributed by atoms with Crippen molar-refractivity contribution in [3.8, 4) is 11.3 Å².